The molecule has 3 aromatic rings. The Hall–Kier alpha value is -3.18. The number of anilines is 1. The molecule has 32 heavy (non-hydrogen) atoms. The smallest absolute Gasteiger partial charge is 0.273 e. The quantitative estimate of drug-likeness (QED) is 0.331. The Balaban J connectivity index is 1.89. The van der Waals surface area contributed by atoms with E-state index in [0.29, 0.717) is 22.6 Å². The van der Waals surface area contributed by atoms with Crippen LogP contribution in [-0.4, -0.2) is 16.4 Å². The zero-order valence-corrected chi connectivity index (χ0v) is 19.3. The van der Waals surface area contributed by atoms with Crippen molar-refractivity contribution in [1.82, 2.24) is 0 Å². The third-order valence-corrected chi connectivity index (χ3v) is 6.80. The molecule has 0 bridgehead atoms. The second kappa shape index (κ2) is 7.75. The van der Waals surface area contributed by atoms with Gasteiger partial charge in [0, 0.05) is 38.9 Å². The average molecular weight is 449 g/mol. The molecule has 1 amide bonds. The standard InChI is InChI=1S/C26H25ClN2O3/c1-17-20(8-7-11-22(17)29(31)32)24(30)28-23-10-6-5-9-21(23)26(4,16-25(28,2)3)18-12-14-19(27)15-13-18/h5-15H,16H2,1-4H3. The molecule has 0 saturated carbocycles. The van der Waals surface area contributed by atoms with E-state index in [0.717, 1.165) is 16.8 Å². The van der Waals surface area contributed by atoms with E-state index in [1.165, 1.54) is 6.07 Å². The zero-order chi connectivity index (χ0) is 23.3. The highest BCUT2D eigenvalue weighted by atomic mass is 35.5. The number of nitrogens with zero attached hydrogens (tertiary/aromatic N) is 2. The van der Waals surface area contributed by atoms with Gasteiger partial charge in [-0.15, -0.1) is 0 Å². The number of benzene rings is 3. The van der Waals surface area contributed by atoms with Gasteiger partial charge in [-0.1, -0.05) is 54.9 Å². The first-order chi connectivity index (χ1) is 15.1. The van der Waals surface area contributed by atoms with Crippen LogP contribution in [0.2, 0.25) is 5.02 Å². The molecule has 0 fully saturated rings. The Kier molecular flexibility index (Phi) is 5.33. The van der Waals surface area contributed by atoms with E-state index in [-0.39, 0.29) is 17.0 Å². The summed E-state index contributed by atoms with van der Waals surface area (Å²) in [4.78, 5) is 26.6. The van der Waals surface area contributed by atoms with Gasteiger partial charge in [0.1, 0.15) is 0 Å². The van der Waals surface area contributed by atoms with Crippen LogP contribution in [0.15, 0.2) is 66.7 Å². The van der Waals surface area contributed by atoms with Crippen molar-refractivity contribution in [3.63, 3.8) is 0 Å². The van der Waals surface area contributed by atoms with Crippen LogP contribution in [0.4, 0.5) is 11.4 Å². The number of nitro groups is 1. The molecule has 0 spiro atoms. The molecule has 1 atom stereocenters. The largest absolute Gasteiger partial charge is 0.302 e. The summed E-state index contributed by atoms with van der Waals surface area (Å²) in [6.07, 6.45) is 0.679. The number of hydrogen-bond acceptors (Lipinski definition) is 3. The maximum absolute atomic E-state index is 13.9. The average Bonchev–Trinajstić information content (AvgIpc) is 2.73. The molecule has 5 nitrogen and oxygen atoms in total. The normalized spacial score (nSPS) is 19.3. The van der Waals surface area contributed by atoms with Gasteiger partial charge < -0.3 is 4.90 Å². The molecule has 0 radical (unpaired) electrons. The van der Waals surface area contributed by atoms with Crippen molar-refractivity contribution in [3.8, 4) is 0 Å². The number of carbonyl (C=O) groups is 1. The Morgan fingerprint density at radius 3 is 2.31 bits per heavy atom. The third-order valence-electron chi connectivity index (χ3n) is 6.55. The summed E-state index contributed by atoms with van der Waals surface area (Å²) in [7, 11) is 0. The molecule has 0 aromatic heterocycles. The topological polar surface area (TPSA) is 63.5 Å². The van der Waals surface area contributed by atoms with Gasteiger partial charge in [-0.3, -0.25) is 14.9 Å². The molecule has 4 rings (SSSR count). The lowest BCUT2D eigenvalue weighted by atomic mass is 9.65. The second-order valence-corrected chi connectivity index (χ2v) is 9.63. The number of para-hydroxylation sites is 1. The fourth-order valence-electron chi connectivity index (χ4n) is 5.13. The van der Waals surface area contributed by atoms with Crippen molar-refractivity contribution in [1.29, 1.82) is 0 Å². The first-order valence-electron chi connectivity index (χ1n) is 10.5. The second-order valence-electron chi connectivity index (χ2n) is 9.19. The van der Waals surface area contributed by atoms with Gasteiger partial charge in [-0.2, -0.15) is 0 Å². The summed E-state index contributed by atoms with van der Waals surface area (Å²) in [6.45, 7) is 7.91. The lowest BCUT2D eigenvalue weighted by Crippen LogP contribution is -2.56. The summed E-state index contributed by atoms with van der Waals surface area (Å²) in [5.41, 5.74) is 2.77. The van der Waals surface area contributed by atoms with E-state index in [1.54, 1.807) is 24.0 Å². The highest BCUT2D eigenvalue weighted by Gasteiger charge is 2.48. The zero-order valence-electron chi connectivity index (χ0n) is 18.6. The minimum Gasteiger partial charge on any atom is -0.302 e. The maximum atomic E-state index is 13.9. The number of amides is 1. The number of rotatable bonds is 3. The molecule has 1 heterocycles. The van der Waals surface area contributed by atoms with Gasteiger partial charge in [0.25, 0.3) is 11.6 Å². The summed E-state index contributed by atoms with van der Waals surface area (Å²) in [6, 6.07) is 20.4. The number of carbonyl (C=O) groups excluding carboxylic acids is 1. The van der Waals surface area contributed by atoms with Crippen molar-refractivity contribution in [2.45, 2.75) is 45.1 Å². The van der Waals surface area contributed by atoms with Crippen LogP contribution in [0.25, 0.3) is 0 Å². The Morgan fingerprint density at radius 2 is 1.66 bits per heavy atom. The summed E-state index contributed by atoms with van der Waals surface area (Å²) in [5, 5.41) is 12.1. The van der Waals surface area contributed by atoms with Gasteiger partial charge in [0.05, 0.1) is 4.92 Å². The SMILES string of the molecule is Cc1c(C(=O)N2c3ccccc3C(C)(c3ccc(Cl)cc3)CC2(C)C)cccc1[N+](=O)[O-]. The van der Waals surface area contributed by atoms with E-state index in [1.807, 2.05) is 56.3 Å². The fourth-order valence-corrected chi connectivity index (χ4v) is 5.26. The van der Waals surface area contributed by atoms with Crippen molar-refractivity contribution < 1.29 is 9.72 Å². The molecular weight excluding hydrogens is 424 g/mol. The van der Waals surface area contributed by atoms with Crippen molar-refractivity contribution in [3.05, 3.63) is 104 Å². The first kappa shape index (κ1) is 22.0. The van der Waals surface area contributed by atoms with Crippen LogP contribution in [-0.2, 0) is 5.41 Å². The van der Waals surface area contributed by atoms with E-state index in [2.05, 4.69) is 13.0 Å². The highest BCUT2D eigenvalue weighted by Crippen LogP contribution is 2.51. The highest BCUT2D eigenvalue weighted by molar-refractivity contribution is 6.30. The maximum Gasteiger partial charge on any atom is 0.273 e. The van der Waals surface area contributed by atoms with Crippen molar-refractivity contribution >= 4 is 28.9 Å². The number of fused-ring (bicyclic) bond motifs is 1. The van der Waals surface area contributed by atoms with Gasteiger partial charge in [0.15, 0.2) is 0 Å². The van der Waals surface area contributed by atoms with Crippen molar-refractivity contribution in [2.24, 2.45) is 0 Å². The molecule has 3 aromatic carbocycles. The summed E-state index contributed by atoms with van der Waals surface area (Å²) >= 11 is 6.13. The summed E-state index contributed by atoms with van der Waals surface area (Å²) < 4.78 is 0. The molecule has 1 unspecified atom stereocenters. The molecule has 0 saturated heterocycles. The Bertz CT molecular complexity index is 1220. The van der Waals surface area contributed by atoms with Crippen LogP contribution in [0.3, 0.4) is 0 Å². The Morgan fingerprint density at radius 1 is 1.00 bits per heavy atom. The fraction of sp³-hybridized carbons (Fsp3) is 0.269. The van der Waals surface area contributed by atoms with Crippen LogP contribution in [0.1, 0.15) is 54.2 Å². The lowest BCUT2D eigenvalue weighted by Gasteiger charge is -2.51. The van der Waals surface area contributed by atoms with Gasteiger partial charge in [-0.25, -0.2) is 0 Å². The van der Waals surface area contributed by atoms with E-state index in [4.69, 9.17) is 11.6 Å². The molecule has 1 aliphatic heterocycles. The van der Waals surface area contributed by atoms with E-state index < -0.39 is 10.5 Å². The van der Waals surface area contributed by atoms with Crippen molar-refractivity contribution in [2.75, 3.05) is 4.90 Å². The molecule has 0 N–H and O–H groups in total. The van der Waals surface area contributed by atoms with Gasteiger partial charge in [0.2, 0.25) is 0 Å². The van der Waals surface area contributed by atoms with E-state index >= 15 is 0 Å². The van der Waals surface area contributed by atoms with Crippen LogP contribution >= 0.6 is 11.6 Å². The molecular formula is C26H25ClN2O3. The van der Waals surface area contributed by atoms with Crippen LogP contribution in [0, 0.1) is 17.0 Å². The lowest BCUT2D eigenvalue weighted by molar-refractivity contribution is -0.385. The first-order valence-corrected chi connectivity index (χ1v) is 10.9. The summed E-state index contributed by atoms with van der Waals surface area (Å²) in [5.74, 6) is -0.234. The minimum atomic E-state index is -0.545. The molecule has 0 aliphatic carbocycles. The predicted octanol–water partition coefficient (Wildman–Crippen LogP) is 6.69. The van der Waals surface area contributed by atoms with Crippen LogP contribution in [0.5, 0.6) is 0 Å². The minimum absolute atomic E-state index is 0.0510. The van der Waals surface area contributed by atoms with Gasteiger partial charge in [-0.05, 0) is 62.6 Å². The number of hydrogen-bond donors (Lipinski definition) is 0. The molecule has 1 aliphatic rings. The number of nitro benzene ring substituents is 1. The molecule has 164 valence electrons. The third kappa shape index (κ3) is 3.47. The number of halogens is 1. The van der Waals surface area contributed by atoms with E-state index in [9.17, 15) is 14.9 Å². The monoisotopic (exact) mass is 448 g/mol. The molecule has 6 heteroatoms. The predicted molar refractivity (Wildman–Crippen MR) is 128 cm³/mol. The van der Waals surface area contributed by atoms with Gasteiger partial charge >= 0.3 is 0 Å². The van der Waals surface area contributed by atoms with Crippen LogP contribution < -0.4 is 4.90 Å². The Labute approximate surface area is 192 Å².